The molecule has 0 bridgehead atoms. The third-order valence-corrected chi connectivity index (χ3v) is 4.47. The Kier molecular flexibility index (Phi) is 5.20. The van der Waals surface area contributed by atoms with Gasteiger partial charge in [0.25, 0.3) is 0 Å². The van der Waals surface area contributed by atoms with Gasteiger partial charge in [-0.05, 0) is 51.7 Å². The number of hydrogen-bond donors (Lipinski definition) is 2. The summed E-state index contributed by atoms with van der Waals surface area (Å²) < 4.78 is 1.11. The average Bonchev–Trinajstić information content (AvgIpc) is 2.82. The highest BCUT2D eigenvalue weighted by Gasteiger charge is 2.01. The van der Waals surface area contributed by atoms with Crippen LogP contribution in [-0.2, 0) is 6.54 Å². The maximum atomic E-state index is 5.92. The Hall–Kier alpha value is -1.33. The molecule has 0 saturated carbocycles. The van der Waals surface area contributed by atoms with E-state index in [9.17, 15) is 0 Å². The van der Waals surface area contributed by atoms with Crippen molar-refractivity contribution in [1.82, 2.24) is 0 Å². The van der Waals surface area contributed by atoms with E-state index in [-0.39, 0.29) is 0 Å². The fraction of sp³-hybridized carbons (Fsp3) is 0.267. The van der Waals surface area contributed by atoms with Crippen LogP contribution in [0.3, 0.4) is 0 Å². The Morgan fingerprint density at radius 3 is 2.80 bits per heavy atom. The van der Waals surface area contributed by atoms with E-state index in [2.05, 4.69) is 52.2 Å². The monoisotopic (exact) mass is 351 g/mol. The molecule has 0 aliphatic rings. The highest BCUT2D eigenvalue weighted by atomic mass is 79.9. The Bertz CT molecular complexity index is 605. The summed E-state index contributed by atoms with van der Waals surface area (Å²) >= 11 is 5.11. The van der Waals surface area contributed by atoms with E-state index >= 15 is 0 Å². The van der Waals surface area contributed by atoms with Crippen molar-refractivity contribution in [2.45, 2.75) is 26.3 Å². The normalized spacial score (nSPS) is 11.9. The number of thiophene rings is 1. The first-order valence-electron chi connectivity index (χ1n) is 6.45. The molecule has 2 aromatic rings. The summed E-state index contributed by atoms with van der Waals surface area (Å²) in [4.78, 5) is 5.53. The highest BCUT2D eigenvalue weighted by molar-refractivity contribution is 9.11. The minimum Gasteiger partial charge on any atom is -0.370 e. The summed E-state index contributed by atoms with van der Waals surface area (Å²) in [6, 6.07) is 12.3. The number of anilines is 1. The molecule has 0 unspecified atom stereocenters. The van der Waals surface area contributed by atoms with Gasteiger partial charge in [0.2, 0.25) is 0 Å². The molecule has 1 aromatic heterocycles. The zero-order valence-corrected chi connectivity index (χ0v) is 14.0. The largest absolute Gasteiger partial charge is 0.370 e. The lowest BCUT2D eigenvalue weighted by Crippen LogP contribution is -2.22. The van der Waals surface area contributed by atoms with E-state index in [4.69, 9.17) is 5.73 Å². The van der Waals surface area contributed by atoms with Gasteiger partial charge in [-0.3, -0.25) is 0 Å². The van der Waals surface area contributed by atoms with Crippen LogP contribution in [0.2, 0.25) is 0 Å². The van der Waals surface area contributed by atoms with E-state index in [0.717, 1.165) is 9.47 Å². The van der Waals surface area contributed by atoms with Gasteiger partial charge in [0.05, 0.1) is 10.3 Å². The molecule has 0 radical (unpaired) electrons. The molecule has 1 aromatic carbocycles. The van der Waals surface area contributed by atoms with Crippen molar-refractivity contribution in [3.8, 4) is 0 Å². The van der Waals surface area contributed by atoms with Crippen LogP contribution in [0.4, 0.5) is 5.69 Å². The maximum absolute atomic E-state index is 5.92. The quantitative estimate of drug-likeness (QED) is 0.626. The fourth-order valence-corrected chi connectivity index (χ4v) is 3.17. The summed E-state index contributed by atoms with van der Waals surface area (Å²) in [5.74, 6) is 0.939. The summed E-state index contributed by atoms with van der Waals surface area (Å²) in [6.45, 7) is 4.94. The van der Waals surface area contributed by atoms with Crippen LogP contribution in [0.25, 0.3) is 0 Å². The van der Waals surface area contributed by atoms with E-state index in [0.29, 0.717) is 18.4 Å². The number of nitrogens with two attached hydrogens (primary N) is 1. The van der Waals surface area contributed by atoms with Crippen LogP contribution in [0, 0.1) is 0 Å². The number of benzene rings is 1. The molecule has 0 amide bonds. The van der Waals surface area contributed by atoms with Crippen LogP contribution < -0.4 is 11.1 Å². The first-order valence-corrected chi connectivity index (χ1v) is 8.06. The van der Waals surface area contributed by atoms with Gasteiger partial charge >= 0.3 is 0 Å². The van der Waals surface area contributed by atoms with Gasteiger partial charge in [0, 0.05) is 10.6 Å². The van der Waals surface area contributed by atoms with Crippen molar-refractivity contribution >= 4 is 38.9 Å². The van der Waals surface area contributed by atoms with Gasteiger partial charge in [0.15, 0.2) is 5.96 Å². The summed E-state index contributed by atoms with van der Waals surface area (Å²) in [6.07, 6.45) is 0. The van der Waals surface area contributed by atoms with Gasteiger partial charge in [-0.15, -0.1) is 11.3 Å². The number of halogens is 1. The molecule has 0 aliphatic heterocycles. The van der Waals surface area contributed by atoms with Crippen molar-refractivity contribution in [2.75, 3.05) is 5.32 Å². The maximum Gasteiger partial charge on any atom is 0.193 e. The van der Waals surface area contributed by atoms with Crippen molar-refractivity contribution in [1.29, 1.82) is 0 Å². The second-order valence-electron chi connectivity index (χ2n) is 4.81. The predicted molar refractivity (Wildman–Crippen MR) is 91.5 cm³/mol. The van der Waals surface area contributed by atoms with Crippen molar-refractivity contribution in [3.63, 3.8) is 0 Å². The number of nitrogens with one attached hydrogen (secondary N) is 1. The third-order valence-electron chi connectivity index (χ3n) is 2.86. The third kappa shape index (κ3) is 4.35. The Balaban J connectivity index is 2.00. The Morgan fingerprint density at radius 1 is 1.35 bits per heavy atom. The van der Waals surface area contributed by atoms with E-state index in [1.807, 2.05) is 24.3 Å². The van der Waals surface area contributed by atoms with Crippen LogP contribution in [0.1, 0.15) is 30.2 Å². The first kappa shape index (κ1) is 15.1. The van der Waals surface area contributed by atoms with Gasteiger partial charge < -0.3 is 11.1 Å². The molecule has 2 rings (SSSR count). The van der Waals surface area contributed by atoms with Gasteiger partial charge in [0.1, 0.15) is 0 Å². The minimum absolute atomic E-state index is 0.440. The van der Waals surface area contributed by atoms with E-state index in [1.54, 1.807) is 11.3 Å². The zero-order valence-electron chi connectivity index (χ0n) is 11.6. The second kappa shape index (κ2) is 6.90. The Morgan fingerprint density at radius 2 is 2.15 bits per heavy atom. The lowest BCUT2D eigenvalue weighted by molar-refractivity contribution is 0.867. The van der Waals surface area contributed by atoms with Crippen molar-refractivity contribution in [2.24, 2.45) is 10.7 Å². The van der Waals surface area contributed by atoms with Crippen molar-refractivity contribution in [3.05, 3.63) is 50.6 Å². The summed E-state index contributed by atoms with van der Waals surface area (Å²) in [5.41, 5.74) is 8.18. The number of nitrogens with zero attached hydrogens (tertiary/aromatic N) is 1. The standard InChI is InChI=1S/C15H18BrN3S/c1-10(2)11-4-3-5-12(8-11)19-15(17)18-9-13-6-7-14(16)20-13/h3-8,10H,9H2,1-2H3,(H3,17,18,19). The zero-order chi connectivity index (χ0) is 14.5. The smallest absolute Gasteiger partial charge is 0.193 e. The van der Waals surface area contributed by atoms with E-state index in [1.165, 1.54) is 10.4 Å². The van der Waals surface area contributed by atoms with Crippen LogP contribution in [0.5, 0.6) is 0 Å². The summed E-state index contributed by atoms with van der Waals surface area (Å²) in [5, 5.41) is 3.13. The van der Waals surface area contributed by atoms with Crippen molar-refractivity contribution < 1.29 is 0 Å². The molecule has 0 spiro atoms. The average molecular weight is 352 g/mol. The molecule has 0 saturated heterocycles. The molecule has 0 fully saturated rings. The number of rotatable bonds is 4. The van der Waals surface area contributed by atoms with Crippen LogP contribution in [-0.4, -0.2) is 5.96 Å². The van der Waals surface area contributed by atoms with Gasteiger partial charge in [-0.25, -0.2) is 4.99 Å². The molecule has 20 heavy (non-hydrogen) atoms. The van der Waals surface area contributed by atoms with Crippen LogP contribution in [0.15, 0.2) is 45.2 Å². The minimum atomic E-state index is 0.440. The molecular weight excluding hydrogens is 334 g/mol. The molecule has 3 nitrogen and oxygen atoms in total. The lowest BCUT2D eigenvalue weighted by atomic mass is 10.0. The number of guanidine groups is 1. The fourth-order valence-electron chi connectivity index (χ4n) is 1.76. The molecular formula is C15H18BrN3S. The van der Waals surface area contributed by atoms with Crippen LogP contribution >= 0.6 is 27.3 Å². The molecule has 5 heteroatoms. The predicted octanol–water partition coefficient (Wildman–Crippen LogP) is 4.56. The highest BCUT2D eigenvalue weighted by Crippen LogP contribution is 2.22. The molecule has 1 heterocycles. The molecule has 106 valence electrons. The van der Waals surface area contributed by atoms with E-state index < -0.39 is 0 Å². The summed E-state index contributed by atoms with van der Waals surface area (Å²) in [7, 11) is 0. The number of hydrogen-bond acceptors (Lipinski definition) is 2. The lowest BCUT2D eigenvalue weighted by Gasteiger charge is -2.09. The first-order chi connectivity index (χ1) is 9.54. The topological polar surface area (TPSA) is 50.4 Å². The van der Waals surface area contributed by atoms with Gasteiger partial charge in [-0.2, -0.15) is 0 Å². The molecule has 0 aliphatic carbocycles. The number of aliphatic imine (C=N–C) groups is 1. The molecule has 3 N–H and O–H groups in total. The second-order valence-corrected chi connectivity index (χ2v) is 7.36. The Labute approximate surface area is 132 Å². The van der Waals surface area contributed by atoms with Gasteiger partial charge in [-0.1, -0.05) is 26.0 Å². The molecule has 0 atom stereocenters. The SMILES string of the molecule is CC(C)c1cccc(NC(N)=NCc2ccc(Br)s2)c1.